The minimum atomic E-state index is -0.0145. The zero-order valence-electron chi connectivity index (χ0n) is 8.95. The number of nitrogen functional groups attached to an aromatic ring is 1. The first-order valence-corrected chi connectivity index (χ1v) is 5.66. The Morgan fingerprint density at radius 3 is 2.73 bits per heavy atom. The van der Waals surface area contributed by atoms with Crippen LogP contribution in [-0.2, 0) is 6.61 Å². The van der Waals surface area contributed by atoms with Crippen LogP contribution in [0.5, 0.6) is 0 Å². The van der Waals surface area contributed by atoms with Crippen molar-refractivity contribution in [3.05, 3.63) is 23.4 Å². The Labute approximate surface area is 90.3 Å². The molecule has 0 unspecified atom stereocenters. The van der Waals surface area contributed by atoms with E-state index in [1.165, 1.54) is 37.7 Å². The van der Waals surface area contributed by atoms with Crippen molar-refractivity contribution in [1.29, 1.82) is 0 Å². The van der Waals surface area contributed by atoms with Gasteiger partial charge in [-0.15, -0.1) is 0 Å². The third kappa shape index (κ3) is 2.29. The fourth-order valence-electron chi connectivity index (χ4n) is 2.33. The van der Waals surface area contributed by atoms with Crippen LogP contribution in [-0.4, -0.2) is 10.1 Å². The average Bonchev–Trinajstić information content (AvgIpc) is 2.31. The summed E-state index contributed by atoms with van der Waals surface area (Å²) in [5, 5.41) is 9.12. The summed E-state index contributed by atoms with van der Waals surface area (Å²) in [4.78, 5) is 4.14. The van der Waals surface area contributed by atoms with Crippen LogP contribution in [0.4, 0.5) is 5.82 Å². The Morgan fingerprint density at radius 2 is 2.07 bits per heavy atom. The Hall–Kier alpha value is -1.09. The van der Waals surface area contributed by atoms with E-state index in [-0.39, 0.29) is 6.61 Å². The minimum Gasteiger partial charge on any atom is -0.392 e. The summed E-state index contributed by atoms with van der Waals surface area (Å²) in [5.41, 5.74) is 7.66. The Balaban J connectivity index is 2.20. The first-order chi connectivity index (χ1) is 7.31. The van der Waals surface area contributed by atoms with Crippen LogP contribution in [0.2, 0.25) is 0 Å². The Morgan fingerprint density at radius 1 is 1.33 bits per heavy atom. The molecule has 15 heavy (non-hydrogen) atoms. The van der Waals surface area contributed by atoms with E-state index in [0.29, 0.717) is 11.7 Å². The molecule has 3 N–H and O–H groups in total. The van der Waals surface area contributed by atoms with Gasteiger partial charge in [0.25, 0.3) is 0 Å². The van der Waals surface area contributed by atoms with Crippen LogP contribution in [0.15, 0.2) is 12.3 Å². The van der Waals surface area contributed by atoms with Gasteiger partial charge in [-0.3, -0.25) is 0 Å². The van der Waals surface area contributed by atoms with Crippen LogP contribution in [0.25, 0.3) is 0 Å². The molecule has 1 aliphatic rings. The van der Waals surface area contributed by atoms with Gasteiger partial charge in [0.05, 0.1) is 6.61 Å². The second-order valence-corrected chi connectivity index (χ2v) is 4.31. The lowest BCUT2D eigenvalue weighted by Gasteiger charge is -2.22. The molecule has 0 atom stereocenters. The highest BCUT2D eigenvalue weighted by molar-refractivity contribution is 5.41. The maximum Gasteiger partial charge on any atom is 0.128 e. The van der Waals surface area contributed by atoms with E-state index < -0.39 is 0 Å². The van der Waals surface area contributed by atoms with Crippen molar-refractivity contribution in [3.8, 4) is 0 Å². The SMILES string of the molecule is Nc1ncc(C2CCCCC2)cc1CO. The predicted molar refractivity (Wildman–Crippen MR) is 60.4 cm³/mol. The molecule has 82 valence electrons. The minimum absolute atomic E-state index is 0.0145. The number of pyridine rings is 1. The molecule has 1 heterocycles. The molecule has 0 aromatic carbocycles. The molecule has 0 bridgehead atoms. The smallest absolute Gasteiger partial charge is 0.128 e. The molecular weight excluding hydrogens is 188 g/mol. The third-order valence-corrected chi connectivity index (χ3v) is 3.27. The van der Waals surface area contributed by atoms with E-state index >= 15 is 0 Å². The summed E-state index contributed by atoms with van der Waals surface area (Å²) >= 11 is 0. The van der Waals surface area contributed by atoms with Gasteiger partial charge >= 0.3 is 0 Å². The number of nitrogens with two attached hydrogens (primary N) is 1. The fraction of sp³-hybridized carbons (Fsp3) is 0.583. The van der Waals surface area contributed by atoms with Crippen LogP contribution in [0.3, 0.4) is 0 Å². The van der Waals surface area contributed by atoms with Gasteiger partial charge in [0, 0.05) is 11.8 Å². The molecule has 2 rings (SSSR count). The number of hydrogen-bond donors (Lipinski definition) is 2. The normalized spacial score (nSPS) is 17.9. The first-order valence-electron chi connectivity index (χ1n) is 5.66. The molecule has 1 aliphatic carbocycles. The molecule has 1 saturated carbocycles. The van der Waals surface area contributed by atoms with Crippen molar-refractivity contribution in [2.45, 2.75) is 44.6 Å². The second-order valence-electron chi connectivity index (χ2n) is 4.31. The molecule has 0 radical (unpaired) electrons. The number of rotatable bonds is 2. The summed E-state index contributed by atoms with van der Waals surface area (Å²) in [7, 11) is 0. The summed E-state index contributed by atoms with van der Waals surface area (Å²) in [6, 6.07) is 2.01. The zero-order valence-corrected chi connectivity index (χ0v) is 8.95. The van der Waals surface area contributed by atoms with E-state index in [9.17, 15) is 0 Å². The summed E-state index contributed by atoms with van der Waals surface area (Å²) in [6.45, 7) is -0.0145. The van der Waals surface area contributed by atoms with E-state index in [1.54, 1.807) is 0 Å². The van der Waals surface area contributed by atoms with Gasteiger partial charge in [-0.1, -0.05) is 19.3 Å². The highest BCUT2D eigenvalue weighted by Gasteiger charge is 2.16. The molecule has 1 fully saturated rings. The van der Waals surface area contributed by atoms with Gasteiger partial charge in [0.15, 0.2) is 0 Å². The maximum atomic E-state index is 9.12. The van der Waals surface area contributed by atoms with Crippen LogP contribution in [0, 0.1) is 0 Å². The molecular formula is C12H18N2O. The number of aliphatic hydroxyl groups is 1. The monoisotopic (exact) mass is 206 g/mol. The summed E-state index contributed by atoms with van der Waals surface area (Å²) < 4.78 is 0. The number of nitrogens with zero attached hydrogens (tertiary/aromatic N) is 1. The largest absolute Gasteiger partial charge is 0.392 e. The van der Waals surface area contributed by atoms with Gasteiger partial charge in [0.1, 0.15) is 5.82 Å². The topological polar surface area (TPSA) is 59.1 Å². The van der Waals surface area contributed by atoms with Crippen molar-refractivity contribution in [2.24, 2.45) is 0 Å². The van der Waals surface area contributed by atoms with Crippen molar-refractivity contribution in [3.63, 3.8) is 0 Å². The first kappa shape index (κ1) is 10.4. The quantitative estimate of drug-likeness (QED) is 0.780. The van der Waals surface area contributed by atoms with Crippen LogP contribution < -0.4 is 5.73 Å². The van der Waals surface area contributed by atoms with E-state index in [1.807, 2.05) is 12.3 Å². The van der Waals surface area contributed by atoms with Gasteiger partial charge < -0.3 is 10.8 Å². The van der Waals surface area contributed by atoms with Crippen molar-refractivity contribution >= 4 is 5.82 Å². The van der Waals surface area contributed by atoms with Gasteiger partial charge in [-0.25, -0.2) is 4.98 Å². The van der Waals surface area contributed by atoms with Gasteiger partial charge in [-0.2, -0.15) is 0 Å². The lowest BCUT2D eigenvalue weighted by Crippen LogP contribution is -2.07. The van der Waals surface area contributed by atoms with Gasteiger partial charge in [0.2, 0.25) is 0 Å². The molecule has 0 saturated heterocycles. The van der Waals surface area contributed by atoms with E-state index in [2.05, 4.69) is 4.98 Å². The van der Waals surface area contributed by atoms with Crippen molar-refractivity contribution in [2.75, 3.05) is 5.73 Å². The highest BCUT2D eigenvalue weighted by Crippen LogP contribution is 2.33. The lowest BCUT2D eigenvalue weighted by molar-refractivity contribution is 0.282. The maximum absolute atomic E-state index is 9.12. The fourth-order valence-corrected chi connectivity index (χ4v) is 2.33. The van der Waals surface area contributed by atoms with Crippen molar-refractivity contribution in [1.82, 2.24) is 4.98 Å². The number of anilines is 1. The van der Waals surface area contributed by atoms with Crippen LogP contribution >= 0.6 is 0 Å². The molecule has 0 spiro atoms. The summed E-state index contributed by atoms with van der Waals surface area (Å²) in [5.74, 6) is 1.08. The average molecular weight is 206 g/mol. The van der Waals surface area contributed by atoms with Gasteiger partial charge in [-0.05, 0) is 30.4 Å². The Kier molecular flexibility index (Phi) is 3.21. The molecule has 3 nitrogen and oxygen atoms in total. The third-order valence-electron chi connectivity index (χ3n) is 3.27. The number of aromatic nitrogens is 1. The Bertz CT molecular complexity index is 332. The lowest BCUT2D eigenvalue weighted by atomic mass is 9.84. The standard InChI is InChI=1S/C12H18N2O/c13-12-11(8-15)6-10(7-14-12)9-4-2-1-3-5-9/h6-7,9,15H,1-5,8H2,(H2,13,14). The van der Waals surface area contributed by atoms with E-state index in [0.717, 1.165) is 5.56 Å². The zero-order chi connectivity index (χ0) is 10.7. The van der Waals surface area contributed by atoms with E-state index in [4.69, 9.17) is 10.8 Å². The molecule has 1 aromatic heterocycles. The number of hydrogen-bond acceptors (Lipinski definition) is 3. The molecule has 0 amide bonds. The second kappa shape index (κ2) is 4.62. The molecule has 0 aliphatic heterocycles. The molecule has 1 aromatic rings. The van der Waals surface area contributed by atoms with Crippen LogP contribution in [0.1, 0.15) is 49.1 Å². The summed E-state index contributed by atoms with van der Waals surface area (Å²) in [6.07, 6.45) is 8.33. The number of aliphatic hydroxyl groups excluding tert-OH is 1. The highest BCUT2D eigenvalue weighted by atomic mass is 16.3. The predicted octanol–water partition coefficient (Wildman–Crippen LogP) is 2.20. The van der Waals surface area contributed by atoms with Crippen molar-refractivity contribution < 1.29 is 5.11 Å². The molecule has 3 heteroatoms.